The highest BCUT2D eigenvalue weighted by Gasteiger charge is 2.33. The van der Waals surface area contributed by atoms with Gasteiger partial charge in [0.15, 0.2) is 17.3 Å². The Labute approximate surface area is 371 Å². The van der Waals surface area contributed by atoms with Crippen LogP contribution in [-0.4, -0.2) is 113 Å². The van der Waals surface area contributed by atoms with Crippen LogP contribution in [0.4, 0.5) is 4.79 Å². The molecule has 4 amide bonds. The molecule has 0 aliphatic carbocycles. The molecule has 2 heterocycles. The first-order chi connectivity index (χ1) is 30.3. The zero-order chi connectivity index (χ0) is 45.7. The Bertz CT molecular complexity index is 2110. The van der Waals surface area contributed by atoms with Gasteiger partial charge in [-0.15, -0.1) is 6.58 Å². The second-order valence-corrected chi connectivity index (χ2v) is 16.6. The quantitative estimate of drug-likeness (QED) is 0.0696. The van der Waals surface area contributed by atoms with Crippen molar-refractivity contribution in [1.29, 1.82) is 0 Å². The molecular formula is C49H65N7O7. The number of hydrogen-bond acceptors (Lipinski definition) is 9. The number of benzene rings is 2. The van der Waals surface area contributed by atoms with Crippen molar-refractivity contribution in [3.05, 3.63) is 84.6 Å². The molecule has 14 nitrogen and oxygen atoms in total. The molecule has 0 bridgehead atoms. The molecule has 0 saturated heterocycles. The third-order valence-electron chi connectivity index (χ3n) is 11.3. The molecule has 14 heteroatoms. The fraction of sp³-hybridized carbons (Fsp3) is 0.490. The van der Waals surface area contributed by atoms with Crippen LogP contribution in [0.2, 0.25) is 0 Å². The number of H-pyrrole nitrogens is 1. The van der Waals surface area contributed by atoms with E-state index in [0.717, 1.165) is 22.0 Å². The van der Waals surface area contributed by atoms with Crippen molar-refractivity contribution < 1.29 is 33.6 Å². The monoisotopic (exact) mass is 863 g/mol. The maximum absolute atomic E-state index is 14.4. The maximum atomic E-state index is 14.4. The molecule has 0 fully saturated rings. The second-order valence-electron chi connectivity index (χ2n) is 16.6. The number of nitrogens with one attached hydrogen (secondary N) is 4. The van der Waals surface area contributed by atoms with Crippen LogP contribution in [0.5, 0.6) is 0 Å². The molecule has 0 spiro atoms. The molecule has 338 valence electrons. The highest BCUT2D eigenvalue weighted by Crippen LogP contribution is 2.22. The van der Waals surface area contributed by atoms with Gasteiger partial charge in [0.25, 0.3) is 0 Å². The van der Waals surface area contributed by atoms with E-state index in [0.29, 0.717) is 58.3 Å². The van der Waals surface area contributed by atoms with Gasteiger partial charge in [0, 0.05) is 54.7 Å². The lowest BCUT2D eigenvalue weighted by Gasteiger charge is -2.26. The van der Waals surface area contributed by atoms with Crippen molar-refractivity contribution in [3.8, 4) is 11.8 Å². The van der Waals surface area contributed by atoms with E-state index in [4.69, 9.17) is 5.73 Å². The summed E-state index contributed by atoms with van der Waals surface area (Å²) >= 11 is 0. The Morgan fingerprint density at radius 1 is 0.968 bits per heavy atom. The predicted molar refractivity (Wildman–Crippen MR) is 244 cm³/mol. The Kier molecular flexibility index (Phi) is 20.4. The van der Waals surface area contributed by atoms with Gasteiger partial charge in [-0.2, -0.15) is 0 Å². The molecule has 0 unspecified atom stereocenters. The number of para-hydroxylation sites is 1. The molecule has 3 aromatic rings. The van der Waals surface area contributed by atoms with Gasteiger partial charge in [-0.1, -0.05) is 73.4 Å². The number of nitrogens with zero attached hydrogens (tertiary/aromatic N) is 2. The second kappa shape index (κ2) is 25.9. The van der Waals surface area contributed by atoms with E-state index in [9.17, 15) is 33.6 Å². The standard InChI is InChI=1S/C49H65N7O7/c1-5-24-55-25-14-12-22-43(46(60)31-38(29-37-17-7-6-8-18-37)48(62)52-41(36(4)58)20-11-13-23-50)53-47(61)34(2)28-45(59)44(30-39-32-51-42-21-10-9-19-40(39)42)54-49(63)56(33-35(3)57)27-16-15-26-55/h5-10,17-19,21,32,34,38,41,43-44,51H,1,11-14,20,22-31,33,50H2,2-4H3,(H,52,62)(H,53,61)(H,54,63)/t34-,38+,41+,43+,44-/m1/s1. The van der Waals surface area contributed by atoms with E-state index in [2.05, 4.69) is 44.3 Å². The highest BCUT2D eigenvalue weighted by atomic mass is 16.2. The van der Waals surface area contributed by atoms with Gasteiger partial charge in [-0.25, -0.2) is 4.79 Å². The van der Waals surface area contributed by atoms with Gasteiger partial charge in [0.05, 0.1) is 37.8 Å². The minimum atomic E-state index is -1.07. The summed E-state index contributed by atoms with van der Waals surface area (Å²) in [5, 5.41) is 9.55. The molecule has 4 rings (SSSR count). The number of Topliss-reactive ketones (excluding diaryl/α,β-unsaturated/α-hetero) is 4. The number of urea groups is 1. The lowest BCUT2D eigenvalue weighted by atomic mass is 9.89. The van der Waals surface area contributed by atoms with E-state index in [-0.39, 0.29) is 62.5 Å². The maximum Gasteiger partial charge on any atom is 0.319 e. The lowest BCUT2D eigenvalue weighted by Crippen LogP contribution is -2.51. The number of rotatable bonds is 18. The molecule has 2 aromatic carbocycles. The number of unbranched alkanes of at least 4 members (excludes halogenated alkanes) is 1. The Hall–Kier alpha value is -5.91. The Balaban J connectivity index is 1.63. The number of aromatic nitrogens is 1. The number of aromatic amines is 1. The highest BCUT2D eigenvalue weighted by molar-refractivity contribution is 5.97. The van der Waals surface area contributed by atoms with Crippen molar-refractivity contribution in [2.24, 2.45) is 17.6 Å². The number of carbonyl (C=O) groups excluding carboxylic acids is 7. The first-order valence-corrected chi connectivity index (χ1v) is 22.1. The van der Waals surface area contributed by atoms with Crippen LogP contribution in [0.1, 0.15) is 83.3 Å². The van der Waals surface area contributed by atoms with Crippen LogP contribution in [0.15, 0.2) is 73.4 Å². The van der Waals surface area contributed by atoms with Crippen LogP contribution in [0, 0.1) is 23.7 Å². The fourth-order valence-electron chi connectivity index (χ4n) is 7.76. The van der Waals surface area contributed by atoms with Crippen molar-refractivity contribution in [2.75, 3.05) is 39.3 Å². The van der Waals surface area contributed by atoms with Crippen molar-refractivity contribution in [3.63, 3.8) is 0 Å². The molecular weight excluding hydrogens is 799 g/mol. The molecule has 63 heavy (non-hydrogen) atoms. The average molecular weight is 864 g/mol. The first-order valence-electron chi connectivity index (χ1n) is 22.1. The zero-order valence-electron chi connectivity index (χ0n) is 37.1. The van der Waals surface area contributed by atoms with E-state index in [1.807, 2.05) is 54.6 Å². The smallest absolute Gasteiger partial charge is 0.319 e. The molecule has 0 saturated carbocycles. The number of nitrogens with two attached hydrogens (primary N) is 1. The molecule has 6 N–H and O–H groups in total. The van der Waals surface area contributed by atoms with Crippen molar-refractivity contribution in [2.45, 2.75) is 103 Å². The fourth-order valence-corrected chi connectivity index (χ4v) is 7.76. The summed E-state index contributed by atoms with van der Waals surface area (Å²) in [4.78, 5) is 102. The van der Waals surface area contributed by atoms with Crippen LogP contribution >= 0.6 is 0 Å². The molecule has 0 radical (unpaired) electrons. The zero-order valence-corrected chi connectivity index (χ0v) is 37.1. The van der Waals surface area contributed by atoms with Gasteiger partial charge in [-0.05, 0) is 89.1 Å². The van der Waals surface area contributed by atoms with E-state index in [1.54, 1.807) is 19.2 Å². The van der Waals surface area contributed by atoms with Gasteiger partial charge >= 0.3 is 6.03 Å². The molecule has 1 aliphatic rings. The summed E-state index contributed by atoms with van der Waals surface area (Å²) < 4.78 is 0. The Morgan fingerprint density at radius 2 is 1.70 bits per heavy atom. The third-order valence-corrected chi connectivity index (χ3v) is 11.3. The molecule has 1 aromatic heterocycles. The summed E-state index contributed by atoms with van der Waals surface area (Å²) in [6.45, 7) is 9.98. The van der Waals surface area contributed by atoms with Crippen molar-refractivity contribution in [1.82, 2.24) is 30.7 Å². The van der Waals surface area contributed by atoms with Gasteiger partial charge in [-0.3, -0.25) is 33.7 Å². The average Bonchev–Trinajstić information content (AvgIpc) is 3.66. The van der Waals surface area contributed by atoms with Crippen molar-refractivity contribution >= 4 is 51.9 Å². The summed E-state index contributed by atoms with van der Waals surface area (Å²) in [6, 6.07) is 13.5. The van der Waals surface area contributed by atoms with E-state index >= 15 is 0 Å². The minimum absolute atomic E-state index is 0.0447. The number of carbonyl (C=O) groups is 7. The molecule has 1 aliphatic heterocycles. The lowest BCUT2D eigenvalue weighted by molar-refractivity contribution is -0.134. The van der Waals surface area contributed by atoms with E-state index < -0.39 is 53.6 Å². The normalized spacial score (nSPS) is 19.5. The van der Waals surface area contributed by atoms with Gasteiger partial charge in [0.2, 0.25) is 11.8 Å². The number of ketones is 4. The Morgan fingerprint density at radius 3 is 2.41 bits per heavy atom. The minimum Gasteiger partial charge on any atom is -0.361 e. The van der Waals surface area contributed by atoms with Crippen LogP contribution < -0.4 is 21.7 Å². The number of fused-ring (bicyclic) bond motifs is 1. The first kappa shape index (κ1) is 49.7. The van der Waals surface area contributed by atoms with Crippen LogP contribution in [0.3, 0.4) is 0 Å². The topological polar surface area (TPSA) is 204 Å². The third kappa shape index (κ3) is 16.4. The summed E-state index contributed by atoms with van der Waals surface area (Å²) in [6.07, 6.45) is 6.72. The van der Waals surface area contributed by atoms with Gasteiger partial charge < -0.3 is 31.6 Å². The predicted octanol–water partition coefficient (Wildman–Crippen LogP) is 4.46. The number of amides is 4. The van der Waals surface area contributed by atoms with Crippen LogP contribution in [0.25, 0.3) is 10.9 Å². The largest absolute Gasteiger partial charge is 0.361 e. The summed E-state index contributed by atoms with van der Waals surface area (Å²) in [5.41, 5.74) is 8.15. The van der Waals surface area contributed by atoms with Gasteiger partial charge in [0.1, 0.15) is 5.78 Å². The number of hydrogen-bond donors (Lipinski definition) is 5. The SMILES string of the molecule is C=CCN1CC#CCN(CC(C)=O)C(=O)N[C@H](Cc2c[nH]c3ccccc23)C(=O)C[C@@H](C)C(=O)N[C@H](C(=O)C[C@H](Cc2ccccc2)C(=O)N[C@@H](CCCCN)C(C)=O)CCCC1. The molecule has 5 atom stereocenters. The summed E-state index contributed by atoms with van der Waals surface area (Å²) in [5.74, 6) is 2.28. The summed E-state index contributed by atoms with van der Waals surface area (Å²) in [7, 11) is 0. The van der Waals surface area contributed by atoms with E-state index in [1.165, 1.54) is 18.7 Å². The van der Waals surface area contributed by atoms with Crippen LogP contribution in [-0.2, 0) is 41.6 Å².